The summed E-state index contributed by atoms with van der Waals surface area (Å²) in [4.78, 5) is 0. The van der Waals surface area contributed by atoms with Gasteiger partial charge in [-0.15, -0.1) is 0 Å². The highest BCUT2D eigenvalue weighted by Gasteiger charge is 1.81. The third-order valence-corrected chi connectivity index (χ3v) is 0.558. The van der Waals surface area contributed by atoms with Gasteiger partial charge < -0.3 is 0 Å². The summed E-state index contributed by atoms with van der Waals surface area (Å²) in [5.41, 5.74) is 0. The van der Waals surface area contributed by atoms with Crippen LogP contribution in [0.4, 0.5) is 0 Å². The van der Waals surface area contributed by atoms with Gasteiger partial charge >= 0.3 is 11.7 Å². The lowest BCUT2D eigenvalue weighted by molar-refractivity contribution is 0.606. The molecule has 0 heterocycles. The zero-order valence-corrected chi connectivity index (χ0v) is 3.62. The van der Waals surface area contributed by atoms with Crippen molar-refractivity contribution in [2.24, 2.45) is 0 Å². The van der Waals surface area contributed by atoms with E-state index in [1.54, 1.807) is 6.08 Å². The highest BCUT2D eigenvalue weighted by molar-refractivity contribution is 7.65. The van der Waals surface area contributed by atoms with E-state index in [-0.39, 0.29) is 0 Å². The maximum atomic E-state index is 9.38. The molecule has 0 aliphatic rings. The lowest BCUT2D eigenvalue weighted by atomic mass is 10.8. The molecule has 0 spiro atoms. The minimum absolute atomic E-state index is 0.514. The molecule has 2 heteroatoms. The maximum Gasteiger partial charge on any atom is 0.463 e. The van der Waals surface area contributed by atoms with Crippen LogP contribution in [0, 0.1) is 0 Å². The molecule has 0 aliphatic carbocycles. The zero-order valence-electron chi connectivity index (χ0n) is 2.81. The highest BCUT2D eigenvalue weighted by Crippen LogP contribution is 1.55. The van der Waals surface area contributed by atoms with E-state index in [0.29, 0.717) is 17.4 Å². The van der Waals surface area contributed by atoms with Crippen molar-refractivity contribution in [3.8, 4) is 0 Å². The number of hydrogen-bond acceptors (Lipinski definition) is 1. The third kappa shape index (κ3) is 3.76. The molecule has 5 heavy (non-hydrogen) atoms. The largest absolute Gasteiger partial charge is 0.463 e. The molecule has 0 fully saturated rings. The van der Waals surface area contributed by atoms with Crippen LogP contribution in [-0.2, 0) is 15.9 Å². The third-order valence-electron chi connectivity index (χ3n) is 0.186. The molecule has 0 amide bonds. The van der Waals surface area contributed by atoms with E-state index in [1.807, 2.05) is 0 Å². The Hall–Kier alpha value is -0.240. The Morgan fingerprint density at radius 2 is 2.60 bits per heavy atom. The minimum Gasteiger partial charge on any atom is -0.0977 e. The predicted octanol–water partition coefficient (Wildman–Crippen LogP) is 0.601. The second kappa shape index (κ2) is 3.76. The monoisotopic (exact) mass is 89.0 g/mol. The van der Waals surface area contributed by atoms with Gasteiger partial charge in [0.25, 0.3) is 0 Å². The molecule has 0 saturated heterocycles. The van der Waals surface area contributed by atoms with E-state index in [2.05, 4.69) is 6.58 Å². The molecule has 0 N–H and O–H groups in total. The van der Waals surface area contributed by atoms with Gasteiger partial charge in [0, 0.05) is 4.21 Å². The Morgan fingerprint density at radius 1 is 2.00 bits per heavy atom. The first-order valence-corrected chi connectivity index (χ1v) is 2.18. The molecule has 0 bridgehead atoms. The van der Waals surface area contributed by atoms with Crippen LogP contribution >= 0.6 is 0 Å². The predicted molar refractivity (Wildman–Crippen MR) is 23.1 cm³/mol. The van der Waals surface area contributed by atoms with Crippen molar-refractivity contribution < 1.29 is 4.21 Å². The van der Waals surface area contributed by atoms with Crippen molar-refractivity contribution in [2.75, 3.05) is 5.75 Å². The minimum atomic E-state index is 0.514. The summed E-state index contributed by atoms with van der Waals surface area (Å²) in [5, 5.41) is 0. The lowest BCUT2D eigenvalue weighted by Gasteiger charge is -1.41. The van der Waals surface area contributed by atoms with E-state index in [4.69, 9.17) is 0 Å². The quantitative estimate of drug-likeness (QED) is 0.357. The Morgan fingerprint density at radius 3 is 2.60 bits per heavy atom. The Bertz CT molecular complexity index is 36.2. The van der Waals surface area contributed by atoms with Crippen molar-refractivity contribution in [3.05, 3.63) is 12.7 Å². The van der Waals surface area contributed by atoms with Gasteiger partial charge in [0.05, 0.1) is 0 Å². The first kappa shape index (κ1) is 4.76. The molecular weight excluding hydrogens is 84.1 g/mol. The molecule has 0 aromatic heterocycles. The Balaban J connectivity index is 2.65. The van der Waals surface area contributed by atoms with Crippen LogP contribution in [0.1, 0.15) is 0 Å². The van der Waals surface area contributed by atoms with Crippen molar-refractivity contribution in [1.29, 1.82) is 0 Å². The fourth-order valence-corrected chi connectivity index (χ4v) is 0.144. The first-order valence-electron chi connectivity index (χ1n) is 1.27. The molecule has 0 aliphatic heterocycles. The summed E-state index contributed by atoms with van der Waals surface area (Å²) >= 11 is 0.534. The molecule has 0 saturated carbocycles. The molecule has 0 unspecified atom stereocenters. The average Bonchev–Trinajstić information content (AvgIpc) is 1.41. The first-order chi connectivity index (χ1) is 2.41. The van der Waals surface area contributed by atoms with E-state index in [9.17, 15) is 4.21 Å². The van der Waals surface area contributed by atoms with Gasteiger partial charge in [0.2, 0.25) is 5.75 Å². The van der Waals surface area contributed by atoms with Crippen LogP contribution in [0.15, 0.2) is 12.7 Å². The molecule has 0 atom stereocenters. The van der Waals surface area contributed by atoms with E-state index in [1.165, 1.54) is 0 Å². The van der Waals surface area contributed by atoms with Gasteiger partial charge in [-0.25, -0.2) is 0 Å². The second-order valence-corrected chi connectivity index (χ2v) is 1.14. The molecular formula is C3H5OS+. The Kier molecular flexibility index (Phi) is 3.58. The molecule has 1 nitrogen and oxygen atoms in total. The summed E-state index contributed by atoms with van der Waals surface area (Å²) in [5.74, 6) is 0.514. The molecule has 28 valence electrons. The summed E-state index contributed by atoms with van der Waals surface area (Å²) < 4.78 is 9.38. The molecule has 0 radical (unpaired) electrons. The van der Waals surface area contributed by atoms with Gasteiger partial charge in [0.1, 0.15) is 0 Å². The van der Waals surface area contributed by atoms with Crippen LogP contribution in [0.25, 0.3) is 0 Å². The summed E-state index contributed by atoms with van der Waals surface area (Å²) in [7, 11) is 0. The van der Waals surface area contributed by atoms with Crippen molar-refractivity contribution in [2.45, 2.75) is 0 Å². The van der Waals surface area contributed by atoms with Crippen LogP contribution in [-0.4, -0.2) is 5.75 Å². The SMILES string of the molecule is C=CC[S+]=O. The standard InChI is InChI=1S/C3H5OS/c1-2-3-5-4/h2H,1,3H2/q+1. The summed E-state index contributed by atoms with van der Waals surface area (Å²) in [6.45, 7) is 3.33. The van der Waals surface area contributed by atoms with Gasteiger partial charge in [-0.2, -0.15) is 0 Å². The fourth-order valence-electron chi connectivity index (χ4n) is 0.0481. The van der Waals surface area contributed by atoms with E-state index >= 15 is 0 Å². The van der Waals surface area contributed by atoms with Crippen molar-refractivity contribution >= 4 is 11.7 Å². The zero-order chi connectivity index (χ0) is 4.12. The second-order valence-electron chi connectivity index (χ2n) is 0.573. The Labute approximate surface area is 35.2 Å². The number of rotatable bonds is 2. The molecule has 0 aromatic carbocycles. The van der Waals surface area contributed by atoms with E-state index in [0.717, 1.165) is 0 Å². The van der Waals surface area contributed by atoms with Crippen molar-refractivity contribution in [3.63, 3.8) is 0 Å². The average molecular weight is 89.1 g/mol. The maximum absolute atomic E-state index is 9.38. The van der Waals surface area contributed by atoms with Crippen LogP contribution < -0.4 is 0 Å². The van der Waals surface area contributed by atoms with Gasteiger partial charge in [-0.05, 0) is 6.08 Å². The van der Waals surface area contributed by atoms with Gasteiger partial charge in [-0.1, -0.05) is 6.58 Å². The van der Waals surface area contributed by atoms with E-state index < -0.39 is 0 Å². The van der Waals surface area contributed by atoms with Crippen LogP contribution in [0.5, 0.6) is 0 Å². The topological polar surface area (TPSA) is 17.1 Å². The smallest absolute Gasteiger partial charge is 0.0977 e. The normalized spacial score (nSPS) is 6.40. The fraction of sp³-hybridized carbons (Fsp3) is 0.333. The van der Waals surface area contributed by atoms with Gasteiger partial charge in [-0.3, -0.25) is 0 Å². The molecule has 0 rings (SSSR count). The van der Waals surface area contributed by atoms with Crippen LogP contribution in [0.3, 0.4) is 0 Å². The highest BCUT2D eigenvalue weighted by atomic mass is 32.1. The lowest BCUT2D eigenvalue weighted by Crippen LogP contribution is -1.63. The number of hydrogen-bond donors (Lipinski definition) is 0. The summed E-state index contributed by atoms with van der Waals surface area (Å²) in [6, 6.07) is 0. The summed E-state index contributed by atoms with van der Waals surface area (Å²) in [6.07, 6.45) is 1.58. The molecule has 0 aromatic rings. The van der Waals surface area contributed by atoms with Gasteiger partial charge in [0.15, 0.2) is 0 Å². The van der Waals surface area contributed by atoms with Crippen molar-refractivity contribution in [1.82, 2.24) is 0 Å². The van der Waals surface area contributed by atoms with Crippen LogP contribution in [0.2, 0.25) is 0 Å².